The number of hydrogen-bond acceptors (Lipinski definition) is 8. The van der Waals surface area contributed by atoms with E-state index in [1.165, 1.54) is 23.5 Å². The van der Waals surface area contributed by atoms with Gasteiger partial charge in [0.15, 0.2) is 0 Å². The van der Waals surface area contributed by atoms with Crippen LogP contribution in [0.25, 0.3) is 0 Å². The smallest absolute Gasteiger partial charge is 0.547 e. The molecule has 117 valence electrons. The Morgan fingerprint density at radius 2 is 1.21 bits per heavy atom. The second-order valence-electron chi connectivity index (χ2n) is 3.23. The standard InChI is InChI=1S/2C5H10O3S.Cu/c2*1-9-3-2-4(6)5(7)8;/h2*4,6H,2-3H2,1H3,(H,7,8);/q;;+2/p-2. The molecule has 0 bridgehead atoms. The molecule has 0 aromatic rings. The van der Waals surface area contributed by atoms with Crippen LogP contribution in [0.3, 0.4) is 0 Å². The molecule has 0 aliphatic carbocycles. The van der Waals surface area contributed by atoms with Crippen LogP contribution in [0.15, 0.2) is 0 Å². The molecule has 6 nitrogen and oxygen atoms in total. The molecule has 0 fully saturated rings. The average Bonchev–Trinajstić information content (AvgIpc) is 2.33. The average molecular weight is 362 g/mol. The van der Waals surface area contributed by atoms with E-state index in [0.29, 0.717) is 11.5 Å². The second kappa shape index (κ2) is 16.1. The second-order valence-corrected chi connectivity index (χ2v) is 5.20. The molecular weight excluding hydrogens is 344 g/mol. The first-order chi connectivity index (χ1) is 8.36. The van der Waals surface area contributed by atoms with Crippen LogP contribution in [0.2, 0.25) is 0 Å². The summed E-state index contributed by atoms with van der Waals surface area (Å²) in [6, 6.07) is 0. The Morgan fingerprint density at radius 3 is 1.37 bits per heavy atom. The van der Waals surface area contributed by atoms with Gasteiger partial charge in [0.25, 0.3) is 0 Å². The van der Waals surface area contributed by atoms with Crippen molar-refractivity contribution < 1.29 is 47.1 Å². The zero-order chi connectivity index (χ0) is 14.6. The Hall–Kier alpha value is 0.0795. The van der Waals surface area contributed by atoms with Crippen molar-refractivity contribution in [1.29, 1.82) is 0 Å². The van der Waals surface area contributed by atoms with Gasteiger partial charge in [-0.15, -0.1) is 0 Å². The van der Waals surface area contributed by atoms with Crippen LogP contribution in [-0.2, 0) is 26.7 Å². The predicted octanol–water partition coefficient (Wildman–Crippen LogP) is -2.30. The summed E-state index contributed by atoms with van der Waals surface area (Å²) in [6.45, 7) is 0. The Kier molecular flexibility index (Phi) is 20.5. The van der Waals surface area contributed by atoms with E-state index in [2.05, 4.69) is 0 Å². The molecule has 0 amide bonds. The summed E-state index contributed by atoms with van der Waals surface area (Å²) in [7, 11) is 0. The molecule has 2 unspecified atom stereocenters. The zero-order valence-electron chi connectivity index (χ0n) is 10.6. The van der Waals surface area contributed by atoms with Gasteiger partial charge in [-0.25, -0.2) is 0 Å². The van der Waals surface area contributed by atoms with Gasteiger partial charge in [0.2, 0.25) is 0 Å². The van der Waals surface area contributed by atoms with Gasteiger partial charge in [-0.2, -0.15) is 23.5 Å². The van der Waals surface area contributed by atoms with Crippen LogP contribution in [0.4, 0.5) is 0 Å². The maximum absolute atomic E-state index is 9.83. The molecule has 0 spiro atoms. The number of carbonyl (C=O) groups excluding carboxylic acids is 2. The van der Waals surface area contributed by atoms with E-state index >= 15 is 0 Å². The number of carboxylic acids is 2. The van der Waals surface area contributed by atoms with Crippen LogP contribution in [-0.4, -0.2) is 58.4 Å². The fourth-order valence-corrected chi connectivity index (χ4v) is 1.61. The third-order valence-corrected chi connectivity index (χ3v) is 3.02. The van der Waals surface area contributed by atoms with Crippen LogP contribution in [0.5, 0.6) is 0 Å². The Labute approximate surface area is 131 Å². The number of thioether (sulfide) groups is 2. The van der Waals surface area contributed by atoms with E-state index in [4.69, 9.17) is 10.2 Å². The summed E-state index contributed by atoms with van der Waals surface area (Å²) < 4.78 is 0. The van der Waals surface area contributed by atoms with Crippen LogP contribution >= 0.6 is 23.5 Å². The number of carboxylic acid groups (broad SMARTS) is 2. The van der Waals surface area contributed by atoms with E-state index in [1.807, 2.05) is 12.5 Å². The number of aliphatic hydroxyl groups excluding tert-OH is 2. The first kappa shape index (κ1) is 24.1. The van der Waals surface area contributed by atoms with Crippen LogP contribution in [0.1, 0.15) is 12.8 Å². The van der Waals surface area contributed by atoms with E-state index in [1.54, 1.807) is 0 Å². The molecule has 0 saturated heterocycles. The Morgan fingerprint density at radius 1 is 0.947 bits per heavy atom. The molecule has 0 rings (SSSR count). The van der Waals surface area contributed by atoms with Gasteiger partial charge in [-0.3, -0.25) is 0 Å². The molecule has 2 atom stereocenters. The van der Waals surface area contributed by atoms with Crippen molar-refractivity contribution in [3.63, 3.8) is 0 Å². The Balaban J connectivity index is -0.000000256. The van der Waals surface area contributed by atoms with Gasteiger partial charge in [0, 0.05) is 0 Å². The van der Waals surface area contributed by atoms with E-state index in [0.717, 1.165) is 0 Å². The quantitative estimate of drug-likeness (QED) is 0.463. The van der Waals surface area contributed by atoms with E-state index < -0.39 is 24.1 Å². The molecule has 9 heteroatoms. The van der Waals surface area contributed by atoms with Gasteiger partial charge in [-0.05, 0) is 36.9 Å². The maximum atomic E-state index is 9.83. The third-order valence-electron chi connectivity index (χ3n) is 1.73. The number of aliphatic hydroxyl groups is 2. The molecule has 0 saturated carbocycles. The minimum Gasteiger partial charge on any atom is -0.547 e. The summed E-state index contributed by atoms with van der Waals surface area (Å²) in [5.41, 5.74) is 0. The summed E-state index contributed by atoms with van der Waals surface area (Å²) in [6.07, 6.45) is 1.65. The van der Waals surface area contributed by atoms with Gasteiger partial charge in [0.1, 0.15) is 0 Å². The monoisotopic (exact) mass is 361 g/mol. The fourth-order valence-electron chi connectivity index (χ4n) is 0.695. The minimum atomic E-state index is -1.39. The van der Waals surface area contributed by atoms with Gasteiger partial charge >= 0.3 is 17.1 Å². The minimum absolute atomic E-state index is 0. The topological polar surface area (TPSA) is 121 Å². The fraction of sp³-hybridized carbons (Fsp3) is 0.800. The summed E-state index contributed by atoms with van der Waals surface area (Å²) >= 11 is 2.99. The first-order valence-electron chi connectivity index (χ1n) is 5.12. The van der Waals surface area contributed by atoms with Crippen molar-refractivity contribution in [3.05, 3.63) is 0 Å². The molecule has 0 aromatic carbocycles. The molecule has 2 N–H and O–H groups in total. The maximum Gasteiger partial charge on any atom is 2.00 e. The van der Waals surface area contributed by atoms with Crippen LogP contribution in [0, 0.1) is 0 Å². The first-order valence-corrected chi connectivity index (χ1v) is 7.91. The SMILES string of the molecule is CSCCC(O)C(=O)[O-].CSCCC(O)C(=O)[O-].[Cu+2]. The number of carbonyl (C=O) groups is 2. The predicted molar refractivity (Wildman–Crippen MR) is 68.0 cm³/mol. The van der Waals surface area contributed by atoms with Crippen molar-refractivity contribution in [2.75, 3.05) is 24.0 Å². The van der Waals surface area contributed by atoms with Crippen molar-refractivity contribution in [2.45, 2.75) is 25.0 Å². The molecule has 19 heavy (non-hydrogen) atoms. The van der Waals surface area contributed by atoms with Crippen molar-refractivity contribution in [2.24, 2.45) is 0 Å². The third kappa shape index (κ3) is 18.1. The molecule has 0 aromatic heterocycles. The van der Waals surface area contributed by atoms with Crippen LogP contribution < -0.4 is 10.2 Å². The normalized spacial score (nSPS) is 12.4. The van der Waals surface area contributed by atoms with Gasteiger partial charge in [-0.1, -0.05) is 0 Å². The van der Waals surface area contributed by atoms with Crippen molar-refractivity contribution >= 4 is 35.5 Å². The largest absolute Gasteiger partial charge is 2.00 e. The molecule has 0 aliphatic heterocycles. The molecular formula is C10H18CuO6S2. The van der Waals surface area contributed by atoms with Crippen molar-refractivity contribution in [3.8, 4) is 0 Å². The number of hydrogen-bond donors (Lipinski definition) is 2. The van der Waals surface area contributed by atoms with E-state index in [-0.39, 0.29) is 29.9 Å². The number of rotatable bonds is 8. The summed E-state index contributed by atoms with van der Waals surface area (Å²) in [5.74, 6) is -1.47. The van der Waals surface area contributed by atoms with E-state index in [9.17, 15) is 19.8 Å². The van der Waals surface area contributed by atoms with Gasteiger partial charge in [0.05, 0.1) is 24.1 Å². The molecule has 0 aliphatic rings. The Bertz CT molecular complexity index is 218. The molecule has 1 radical (unpaired) electrons. The number of aliphatic carboxylic acids is 2. The van der Waals surface area contributed by atoms with Crippen molar-refractivity contribution in [1.82, 2.24) is 0 Å². The summed E-state index contributed by atoms with van der Waals surface area (Å²) in [4.78, 5) is 19.7. The van der Waals surface area contributed by atoms with Gasteiger partial charge < -0.3 is 30.0 Å². The molecule has 0 heterocycles. The zero-order valence-corrected chi connectivity index (χ0v) is 13.2. The summed E-state index contributed by atoms with van der Waals surface area (Å²) in [5, 5.41) is 36.8.